The normalized spacial score (nSPS) is 12.5. The molecule has 0 saturated carbocycles. The van der Waals surface area contributed by atoms with Crippen molar-refractivity contribution in [2.24, 2.45) is 12.0 Å². The Bertz CT molecular complexity index is 455. The molecule has 0 fully saturated rings. The molecule has 1 aromatic heterocycles. The van der Waals surface area contributed by atoms with Crippen LogP contribution in [-0.2, 0) is 13.5 Å². The van der Waals surface area contributed by atoms with Gasteiger partial charge in [-0.05, 0) is 46.6 Å². The molecule has 1 aromatic rings. The highest BCUT2D eigenvalue weighted by molar-refractivity contribution is 5.79. The van der Waals surface area contributed by atoms with Gasteiger partial charge in [0.1, 0.15) is 0 Å². The summed E-state index contributed by atoms with van der Waals surface area (Å²) in [5, 5.41) is 10.9. The Kier molecular flexibility index (Phi) is 8.69. The van der Waals surface area contributed by atoms with Crippen molar-refractivity contribution in [3.63, 3.8) is 0 Å². The van der Waals surface area contributed by atoms with Gasteiger partial charge in [0, 0.05) is 45.0 Å². The van der Waals surface area contributed by atoms with Gasteiger partial charge < -0.3 is 10.6 Å². The van der Waals surface area contributed by atoms with E-state index in [-0.39, 0.29) is 0 Å². The summed E-state index contributed by atoms with van der Waals surface area (Å²) < 4.78 is 1.83. The number of guanidine groups is 1. The van der Waals surface area contributed by atoms with Gasteiger partial charge in [0.25, 0.3) is 0 Å². The summed E-state index contributed by atoms with van der Waals surface area (Å²) >= 11 is 0. The molecule has 0 aromatic carbocycles. The molecular weight excluding hydrogens is 288 g/mol. The molecule has 0 aliphatic heterocycles. The van der Waals surface area contributed by atoms with Crippen molar-refractivity contribution in [3.8, 4) is 0 Å². The molecule has 2 N–H and O–H groups in total. The van der Waals surface area contributed by atoms with Crippen LogP contribution in [0.3, 0.4) is 0 Å². The van der Waals surface area contributed by atoms with Gasteiger partial charge in [-0.2, -0.15) is 5.10 Å². The summed E-state index contributed by atoms with van der Waals surface area (Å²) in [6, 6.07) is 1.10. The summed E-state index contributed by atoms with van der Waals surface area (Å²) in [5.41, 5.74) is 1.24. The van der Waals surface area contributed by atoms with Crippen LogP contribution in [0.4, 0.5) is 0 Å². The largest absolute Gasteiger partial charge is 0.357 e. The van der Waals surface area contributed by atoms with Crippen molar-refractivity contribution in [2.75, 3.05) is 26.2 Å². The second-order valence-corrected chi connectivity index (χ2v) is 6.39. The van der Waals surface area contributed by atoms with E-state index in [1.54, 1.807) is 0 Å². The van der Waals surface area contributed by atoms with Crippen LogP contribution in [0.1, 0.15) is 40.2 Å². The van der Waals surface area contributed by atoms with Crippen LogP contribution >= 0.6 is 0 Å². The average Bonchev–Trinajstić information content (AvgIpc) is 2.88. The van der Waals surface area contributed by atoms with Crippen molar-refractivity contribution in [2.45, 2.75) is 53.1 Å². The summed E-state index contributed by atoms with van der Waals surface area (Å²) in [6.07, 6.45) is 4.91. The Hall–Kier alpha value is -1.56. The highest BCUT2D eigenvalue weighted by atomic mass is 15.2. The molecule has 23 heavy (non-hydrogen) atoms. The molecule has 0 aliphatic rings. The summed E-state index contributed by atoms with van der Waals surface area (Å²) in [6.45, 7) is 14.6. The predicted molar refractivity (Wildman–Crippen MR) is 97.9 cm³/mol. The minimum absolute atomic E-state index is 0.548. The standard InChI is InChI=1S/C17H34N6/c1-7-18-17(19-9-8-16-12-21-22(6)13-16)20-10-11-23(14(2)3)15(4)5/h12-15H,7-11H2,1-6H3,(H2,18,19,20). The molecule has 0 atom stereocenters. The molecule has 0 radical (unpaired) electrons. The molecule has 6 nitrogen and oxygen atoms in total. The Morgan fingerprint density at radius 3 is 2.48 bits per heavy atom. The Morgan fingerprint density at radius 1 is 1.26 bits per heavy atom. The van der Waals surface area contributed by atoms with Gasteiger partial charge in [-0.25, -0.2) is 0 Å². The third-order valence-electron chi connectivity index (χ3n) is 3.76. The lowest BCUT2D eigenvalue weighted by Crippen LogP contribution is -2.41. The number of aromatic nitrogens is 2. The van der Waals surface area contributed by atoms with Gasteiger partial charge >= 0.3 is 0 Å². The van der Waals surface area contributed by atoms with Gasteiger partial charge in [-0.1, -0.05) is 0 Å². The lowest BCUT2D eigenvalue weighted by Gasteiger charge is -2.29. The van der Waals surface area contributed by atoms with Crippen molar-refractivity contribution < 1.29 is 0 Å². The molecule has 132 valence electrons. The average molecular weight is 323 g/mol. The number of aryl methyl sites for hydroxylation is 1. The van der Waals surface area contributed by atoms with Crippen LogP contribution < -0.4 is 10.6 Å². The van der Waals surface area contributed by atoms with Crippen LogP contribution in [-0.4, -0.2) is 58.9 Å². The van der Waals surface area contributed by atoms with E-state index in [2.05, 4.69) is 66.4 Å². The third-order valence-corrected chi connectivity index (χ3v) is 3.76. The second kappa shape index (κ2) is 10.3. The van der Waals surface area contributed by atoms with Crippen LogP contribution in [0.5, 0.6) is 0 Å². The van der Waals surface area contributed by atoms with Crippen LogP contribution in [0, 0.1) is 0 Å². The van der Waals surface area contributed by atoms with E-state index < -0.39 is 0 Å². The fourth-order valence-corrected chi connectivity index (χ4v) is 2.66. The lowest BCUT2D eigenvalue weighted by molar-refractivity contribution is 0.181. The van der Waals surface area contributed by atoms with Crippen molar-refractivity contribution >= 4 is 5.96 Å². The van der Waals surface area contributed by atoms with Gasteiger partial charge in [0.05, 0.1) is 12.7 Å². The molecule has 0 amide bonds. The quantitative estimate of drug-likeness (QED) is 0.536. The van der Waals surface area contributed by atoms with E-state index in [0.29, 0.717) is 12.1 Å². The minimum atomic E-state index is 0.548. The molecule has 0 saturated heterocycles. The first-order chi connectivity index (χ1) is 10.9. The highest BCUT2D eigenvalue weighted by Crippen LogP contribution is 2.03. The van der Waals surface area contributed by atoms with E-state index in [1.807, 2.05) is 17.9 Å². The number of hydrogen-bond donors (Lipinski definition) is 2. The molecule has 0 bridgehead atoms. The van der Waals surface area contributed by atoms with Crippen molar-refractivity contribution in [1.29, 1.82) is 0 Å². The molecular formula is C17H34N6. The third kappa shape index (κ3) is 7.50. The zero-order valence-electron chi connectivity index (χ0n) is 15.6. The number of nitrogens with zero attached hydrogens (tertiary/aromatic N) is 4. The van der Waals surface area contributed by atoms with E-state index in [4.69, 9.17) is 0 Å². The summed E-state index contributed by atoms with van der Waals surface area (Å²) in [7, 11) is 1.94. The first-order valence-corrected chi connectivity index (χ1v) is 8.69. The minimum Gasteiger partial charge on any atom is -0.357 e. The highest BCUT2D eigenvalue weighted by Gasteiger charge is 2.12. The van der Waals surface area contributed by atoms with Gasteiger partial charge in [-0.3, -0.25) is 14.6 Å². The first kappa shape index (κ1) is 19.5. The maximum atomic E-state index is 4.69. The predicted octanol–water partition coefficient (Wildman–Crippen LogP) is 1.64. The molecule has 1 rings (SSSR count). The Labute approximate surface area is 141 Å². The van der Waals surface area contributed by atoms with E-state index in [1.165, 1.54) is 5.56 Å². The van der Waals surface area contributed by atoms with E-state index >= 15 is 0 Å². The van der Waals surface area contributed by atoms with Gasteiger partial charge in [-0.15, -0.1) is 0 Å². The zero-order valence-corrected chi connectivity index (χ0v) is 15.6. The van der Waals surface area contributed by atoms with E-state index in [9.17, 15) is 0 Å². The topological polar surface area (TPSA) is 57.5 Å². The number of nitrogens with one attached hydrogen (secondary N) is 2. The Balaban J connectivity index is 2.43. The zero-order chi connectivity index (χ0) is 17.2. The van der Waals surface area contributed by atoms with Gasteiger partial charge in [0.15, 0.2) is 5.96 Å². The molecule has 0 unspecified atom stereocenters. The van der Waals surface area contributed by atoms with Crippen molar-refractivity contribution in [1.82, 2.24) is 25.3 Å². The molecule has 0 spiro atoms. The molecule has 6 heteroatoms. The van der Waals surface area contributed by atoms with E-state index in [0.717, 1.165) is 38.6 Å². The smallest absolute Gasteiger partial charge is 0.191 e. The molecule has 1 heterocycles. The van der Waals surface area contributed by atoms with Gasteiger partial charge in [0.2, 0.25) is 0 Å². The number of rotatable bonds is 9. The number of aliphatic imine (C=N–C) groups is 1. The van der Waals surface area contributed by atoms with Crippen LogP contribution in [0.2, 0.25) is 0 Å². The fraction of sp³-hybridized carbons (Fsp3) is 0.765. The second-order valence-electron chi connectivity index (χ2n) is 6.39. The SMILES string of the molecule is CCNC(=NCCN(C(C)C)C(C)C)NCCc1cnn(C)c1. The maximum Gasteiger partial charge on any atom is 0.191 e. The van der Waals surface area contributed by atoms with Crippen molar-refractivity contribution in [3.05, 3.63) is 18.0 Å². The summed E-state index contributed by atoms with van der Waals surface area (Å²) in [4.78, 5) is 7.15. The lowest BCUT2D eigenvalue weighted by atomic mass is 10.2. The van der Waals surface area contributed by atoms with Crippen LogP contribution in [0.25, 0.3) is 0 Å². The first-order valence-electron chi connectivity index (χ1n) is 8.69. The molecule has 0 aliphatic carbocycles. The summed E-state index contributed by atoms with van der Waals surface area (Å²) in [5.74, 6) is 0.892. The Morgan fingerprint density at radius 2 is 1.96 bits per heavy atom. The number of hydrogen-bond acceptors (Lipinski definition) is 3. The van der Waals surface area contributed by atoms with Crippen LogP contribution in [0.15, 0.2) is 17.4 Å². The monoisotopic (exact) mass is 322 g/mol. The maximum absolute atomic E-state index is 4.69. The fourth-order valence-electron chi connectivity index (χ4n) is 2.66.